The molecule has 0 saturated heterocycles. The highest BCUT2D eigenvalue weighted by molar-refractivity contribution is 7.89. The van der Waals surface area contributed by atoms with Crippen molar-refractivity contribution in [1.82, 2.24) is 4.31 Å². The summed E-state index contributed by atoms with van der Waals surface area (Å²) in [5.41, 5.74) is 0.209. The van der Waals surface area contributed by atoms with Crippen LogP contribution in [-0.4, -0.2) is 50.6 Å². The number of sulfonamides is 1. The van der Waals surface area contributed by atoms with Gasteiger partial charge in [0.1, 0.15) is 11.4 Å². The molecule has 1 rings (SSSR count). The zero-order valence-electron chi connectivity index (χ0n) is 11.1. The average molecular weight is 333 g/mol. The number of carbonyl (C=O) groups is 1. The number of aliphatic carboxylic acids is 1. The molecule has 1 N–H and O–H groups in total. The number of halogens is 1. The van der Waals surface area contributed by atoms with Gasteiger partial charge in [-0.25, -0.2) is 8.42 Å². The molecule has 0 unspecified atom stereocenters. The quantitative estimate of drug-likeness (QED) is 0.796. The summed E-state index contributed by atoms with van der Waals surface area (Å²) < 4.78 is 30.4. The zero-order valence-corrected chi connectivity index (χ0v) is 12.7. The first kappa shape index (κ1) is 17.4. The molecule has 0 heterocycles. The molecular weight excluding hydrogens is 320 g/mol. The number of rotatable bonds is 7. The number of nitrogens with zero attached hydrogens (tertiary/aromatic N) is 2. The zero-order chi connectivity index (χ0) is 16.0. The monoisotopic (exact) mass is 332 g/mol. The van der Waals surface area contributed by atoms with Crippen molar-refractivity contribution >= 4 is 27.6 Å². The van der Waals surface area contributed by atoms with Gasteiger partial charge < -0.3 is 9.84 Å². The maximum atomic E-state index is 12.4. The van der Waals surface area contributed by atoms with Crippen LogP contribution in [0.1, 0.15) is 5.56 Å². The lowest BCUT2D eigenvalue weighted by molar-refractivity contribution is -0.137. The van der Waals surface area contributed by atoms with E-state index in [1.165, 1.54) is 25.3 Å². The average Bonchev–Trinajstić information content (AvgIpc) is 2.42. The molecule has 0 bridgehead atoms. The van der Waals surface area contributed by atoms with Crippen molar-refractivity contribution in [1.29, 1.82) is 5.26 Å². The maximum absolute atomic E-state index is 12.4. The molecule has 0 atom stereocenters. The van der Waals surface area contributed by atoms with Gasteiger partial charge in [-0.15, -0.1) is 0 Å². The van der Waals surface area contributed by atoms with E-state index in [0.29, 0.717) is 0 Å². The third kappa shape index (κ3) is 4.41. The maximum Gasteiger partial charge on any atom is 0.318 e. The number of carboxylic acids is 1. The second-order valence-corrected chi connectivity index (χ2v) is 6.30. The van der Waals surface area contributed by atoms with E-state index in [-0.39, 0.29) is 28.6 Å². The molecule has 0 aromatic heterocycles. The Balaban J connectivity index is 3.22. The number of hydrogen-bond acceptors (Lipinski definition) is 5. The van der Waals surface area contributed by atoms with Crippen LogP contribution in [0, 0.1) is 11.3 Å². The van der Waals surface area contributed by atoms with Crippen LogP contribution in [0.15, 0.2) is 23.1 Å². The topological polar surface area (TPSA) is 108 Å². The summed E-state index contributed by atoms with van der Waals surface area (Å²) in [6, 6.07) is 5.53. The Morgan fingerprint density at radius 1 is 1.52 bits per heavy atom. The molecule has 1 aromatic carbocycles. The smallest absolute Gasteiger partial charge is 0.318 e. The molecule has 114 valence electrons. The van der Waals surface area contributed by atoms with E-state index in [1.807, 2.05) is 6.07 Å². The fourth-order valence-corrected chi connectivity index (χ4v) is 3.44. The van der Waals surface area contributed by atoms with E-state index >= 15 is 0 Å². The van der Waals surface area contributed by atoms with Crippen LogP contribution >= 0.6 is 11.6 Å². The van der Waals surface area contributed by atoms with Crippen molar-refractivity contribution in [2.45, 2.75) is 4.90 Å². The van der Waals surface area contributed by atoms with Crippen LogP contribution in [0.3, 0.4) is 0 Å². The van der Waals surface area contributed by atoms with E-state index in [2.05, 4.69) is 0 Å². The molecule has 0 radical (unpaired) electrons. The van der Waals surface area contributed by atoms with E-state index in [9.17, 15) is 13.2 Å². The number of benzene rings is 1. The van der Waals surface area contributed by atoms with Crippen LogP contribution < -0.4 is 0 Å². The molecule has 1 aromatic rings. The molecule has 0 fully saturated rings. The standard InChI is InChI=1S/C12H13ClN2O5S/c1-20-5-4-15(8-12(16)17)21(18,19)11-3-2-9(7-14)6-10(11)13/h2-3,6H,4-5,8H2,1H3,(H,16,17). The SMILES string of the molecule is COCCN(CC(=O)O)S(=O)(=O)c1ccc(C#N)cc1Cl. The third-order valence-electron chi connectivity index (χ3n) is 2.54. The largest absolute Gasteiger partial charge is 0.480 e. The molecule has 9 heteroatoms. The summed E-state index contributed by atoms with van der Waals surface area (Å²) in [4.78, 5) is 10.6. The lowest BCUT2D eigenvalue weighted by Crippen LogP contribution is -2.38. The molecule has 0 aliphatic heterocycles. The first-order chi connectivity index (χ1) is 9.82. The van der Waals surface area contributed by atoms with Crippen LogP contribution in [0.5, 0.6) is 0 Å². The predicted octanol–water partition coefficient (Wildman–Crippen LogP) is 0.933. The molecule has 0 amide bonds. The van der Waals surface area contributed by atoms with Gasteiger partial charge in [0.25, 0.3) is 0 Å². The van der Waals surface area contributed by atoms with Crippen molar-refractivity contribution in [3.8, 4) is 6.07 Å². The fraction of sp³-hybridized carbons (Fsp3) is 0.333. The molecule has 7 nitrogen and oxygen atoms in total. The molecular formula is C12H13ClN2O5S. The van der Waals surface area contributed by atoms with Gasteiger partial charge >= 0.3 is 5.97 Å². The molecule has 0 aliphatic carbocycles. The second kappa shape index (κ2) is 7.38. The Labute approximate surface area is 127 Å². The first-order valence-corrected chi connectivity index (χ1v) is 7.55. The normalized spacial score (nSPS) is 11.3. The van der Waals surface area contributed by atoms with E-state index < -0.39 is 22.5 Å². The molecule has 0 spiro atoms. The van der Waals surface area contributed by atoms with E-state index in [0.717, 1.165) is 4.31 Å². The third-order valence-corrected chi connectivity index (χ3v) is 4.86. The highest BCUT2D eigenvalue weighted by Crippen LogP contribution is 2.25. The van der Waals surface area contributed by atoms with Crippen molar-refractivity contribution in [3.63, 3.8) is 0 Å². The Bertz CT molecular complexity index is 669. The minimum atomic E-state index is -4.09. The highest BCUT2D eigenvalue weighted by atomic mass is 35.5. The first-order valence-electron chi connectivity index (χ1n) is 5.73. The highest BCUT2D eigenvalue weighted by Gasteiger charge is 2.28. The summed E-state index contributed by atoms with van der Waals surface area (Å²) >= 11 is 5.87. The van der Waals surface area contributed by atoms with E-state index in [1.54, 1.807) is 0 Å². The van der Waals surface area contributed by atoms with Gasteiger partial charge in [-0.2, -0.15) is 9.57 Å². The lowest BCUT2D eigenvalue weighted by Gasteiger charge is -2.20. The Kier molecular flexibility index (Phi) is 6.11. The number of hydrogen-bond donors (Lipinski definition) is 1. The van der Waals surface area contributed by atoms with Crippen LogP contribution in [0.2, 0.25) is 5.02 Å². The summed E-state index contributed by atoms with van der Waals surface area (Å²) in [5, 5.41) is 17.4. The van der Waals surface area contributed by atoms with Crippen LogP contribution in [0.4, 0.5) is 0 Å². The number of nitriles is 1. The fourth-order valence-electron chi connectivity index (χ4n) is 1.55. The van der Waals surface area contributed by atoms with Crippen molar-refractivity contribution < 1.29 is 23.1 Å². The number of methoxy groups -OCH3 is 1. The van der Waals surface area contributed by atoms with Crippen molar-refractivity contribution in [2.75, 3.05) is 26.8 Å². The summed E-state index contributed by atoms with van der Waals surface area (Å²) in [6.45, 7) is -0.788. The van der Waals surface area contributed by atoms with Crippen LogP contribution in [-0.2, 0) is 19.6 Å². The van der Waals surface area contributed by atoms with Gasteiger partial charge in [0.05, 0.1) is 23.3 Å². The minimum Gasteiger partial charge on any atom is -0.480 e. The summed E-state index contributed by atoms with van der Waals surface area (Å²) in [7, 11) is -2.72. The van der Waals surface area contributed by atoms with Gasteiger partial charge in [-0.3, -0.25) is 4.79 Å². The van der Waals surface area contributed by atoms with E-state index in [4.69, 9.17) is 26.7 Å². The van der Waals surface area contributed by atoms with Crippen molar-refractivity contribution in [2.24, 2.45) is 0 Å². The van der Waals surface area contributed by atoms with Gasteiger partial charge in [-0.1, -0.05) is 11.6 Å². The van der Waals surface area contributed by atoms with Crippen molar-refractivity contribution in [3.05, 3.63) is 28.8 Å². The summed E-state index contributed by atoms with van der Waals surface area (Å²) in [5.74, 6) is -1.29. The predicted molar refractivity (Wildman–Crippen MR) is 74.4 cm³/mol. The Morgan fingerprint density at radius 3 is 2.67 bits per heavy atom. The summed E-state index contributed by atoms with van der Waals surface area (Å²) in [6.07, 6.45) is 0. The molecule has 0 aliphatic rings. The second-order valence-electron chi connectivity index (χ2n) is 3.98. The number of carboxylic acid groups (broad SMARTS) is 1. The Hall–Kier alpha value is -1.66. The molecule has 21 heavy (non-hydrogen) atoms. The molecule has 0 saturated carbocycles. The van der Waals surface area contributed by atoms with Gasteiger partial charge in [0, 0.05) is 13.7 Å². The van der Waals surface area contributed by atoms with Gasteiger partial charge in [0.15, 0.2) is 0 Å². The number of ether oxygens (including phenoxy) is 1. The minimum absolute atomic E-state index is 0.0421. The van der Waals surface area contributed by atoms with Crippen LogP contribution in [0.25, 0.3) is 0 Å². The Morgan fingerprint density at radius 2 is 2.19 bits per heavy atom. The lowest BCUT2D eigenvalue weighted by atomic mass is 10.2. The van der Waals surface area contributed by atoms with Gasteiger partial charge in [-0.05, 0) is 18.2 Å². The van der Waals surface area contributed by atoms with Gasteiger partial charge in [0.2, 0.25) is 10.0 Å².